The Kier molecular flexibility index (Phi) is 3.79. The Bertz CT molecular complexity index is 134. The van der Waals surface area contributed by atoms with Crippen LogP contribution >= 0.6 is 11.6 Å². The molecule has 0 unspecified atom stereocenters. The van der Waals surface area contributed by atoms with E-state index in [-0.39, 0.29) is 17.6 Å². The minimum Gasteiger partial charge on any atom is -0.385 e. The van der Waals surface area contributed by atoms with Crippen molar-refractivity contribution in [2.45, 2.75) is 6.92 Å². The summed E-state index contributed by atoms with van der Waals surface area (Å²) >= 11 is 5.23. The maximum absolute atomic E-state index is 10.1. The van der Waals surface area contributed by atoms with Crippen molar-refractivity contribution in [1.82, 2.24) is 5.43 Å². The van der Waals surface area contributed by atoms with Crippen LogP contribution in [-0.2, 0) is 4.79 Å². The number of hydrogen-bond donors (Lipinski definition) is 2. The highest BCUT2D eigenvalue weighted by molar-refractivity contribution is 6.27. The van der Waals surface area contributed by atoms with Crippen molar-refractivity contribution in [3.63, 3.8) is 0 Å². The van der Waals surface area contributed by atoms with Gasteiger partial charge in [0.15, 0.2) is 0 Å². The van der Waals surface area contributed by atoms with E-state index in [4.69, 9.17) is 17.3 Å². The van der Waals surface area contributed by atoms with Crippen LogP contribution in [0.2, 0.25) is 0 Å². The lowest BCUT2D eigenvalue weighted by molar-refractivity contribution is -0.118. The Hall–Kier alpha value is -0.770. The van der Waals surface area contributed by atoms with E-state index in [1.807, 2.05) is 0 Å². The number of nitrogens with one attached hydrogen (secondary N) is 1. The van der Waals surface area contributed by atoms with Crippen LogP contribution in [0.4, 0.5) is 0 Å². The quantitative estimate of drug-likeness (QED) is 0.244. The number of amides is 1. The van der Waals surface area contributed by atoms with E-state index in [0.29, 0.717) is 0 Å². The van der Waals surface area contributed by atoms with Gasteiger partial charge < -0.3 is 5.73 Å². The summed E-state index contributed by atoms with van der Waals surface area (Å²) in [6.45, 7) is 1.34. The average Bonchev–Trinajstić information content (AvgIpc) is 1.83. The third kappa shape index (κ3) is 5.10. The molecule has 0 saturated heterocycles. The lowest BCUT2D eigenvalue weighted by Gasteiger charge is -1.92. The highest BCUT2D eigenvalue weighted by Gasteiger charge is 1.87. The summed E-state index contributed by atoms with van der Waals surface area (Å²) < 4.78 is 0. The van der Waals surface area contributed by atoms with Gasteiger partial charge in [-0.3, -0.25) is 4.79 Å². The SMILES string of the molecule is CC(=O)N/N=C(\N)CCl. The Morgan fingerprint density at radius 2 is 2.44 bits per heavy atom. The molecule has 3 N–H and O–H groups in total. The number of nitrogens with zero attached hydrogens (tertiary/aromatic N) is 1. The Balaban J connectivity index is 3.56. The molecule has 0 fully saturated rings. The summed E-state index contributed by atoms with van der Waals surface area (Å²) in [4.78, 5) is 10.1. The van der Waals surface area contributed by atoms with Gasteiger partial charge in [0.05, 0.1) is 5.88 Å². The zero-order valence-electron chi connectivity index (χ0n) is 5.02. The topological polar surface area (TPSA) is 67.5 Å². The summed E-state index contributed by atoms with van der Waals surface area (Å²) in [7, 11) is 0. The molecule has 9 heavy (non-hydrogen) atoms. The average molecular weight is 150 g/mol. The summed E-state index contributed by atoms with van der Waals surface area (Å²) in [6.07, 6.45) is 0. The smallest absolute Gasteiger partial charge is 0.236 e. The first-order valence-corrected chi connectivity index (χ1v) is 2.85. The van der Waals surface area contributed by atoms with Crippen LogP contribution in [-0.4, -0.2) is 17.6 Å². The molecule has 0 aliphatic heterocycles. The number of hydrazone groups is 1. The lowest BCUT2D eigenvalue weighted by Crippen LogP contribution is -2.21. The van der Waals surface area contributed by atoms with E-state index in [9.17, 15) is 4.79 Å². The van der Waals surface area contributed by atoms with Crippen molar-refractivity contribution in [2.24, 2.45) is 10.8 Å². The van der Waals surface area contributed by atoms with E-state index < -0.39 is 0 Å². The summed E-state index contributed by atoms with van der Waals surface area (Å²) in [5, 5.41) is 3.41. The number of carbonyl (C=O) groups is 1. The highest BCUT2D eigenvalue weighted by atomic mass is 35.5. The highest BCUT2D eigenvalue weighted by Crippen LogP contribution is 1.72. The maximum atomic E-state index is 10.1. The third-order valence-corrected chi connectivity index (χ3v) is 0.768. The number of alkyl halides is 1. The van der Waals surface area contributed by atoms with Gasteiger partial charge in [-0.05, 0) is 0 Å². The van der Waals surface area contributed by atoms with E-state index in [0.717, 1.165) is 0 Å². The molecule has 0 rings (SSSR count). The summed E-state index contributed by atoms with van der Waals surface area (Å²) in [6, 6.07) is 0. The predicted octanol–water partition coefficient (Wildman–Crippen LogP) is -0.367. The van der Waals surface area contributed by atoms with Gasteiger partial charge in [0, 0.05) is 6.92 Å². The van der Waals surface area contributed by atoms with Crippen LogP contribution in [0.5, 0.6) is 0 Å². The Labute approximate surface area is 58.1 Å². The number of carbonyl (C=O) groups excluding carboxylic acids is 1. The molecule has 0 aromatic rings. The zero-order chi connectivity index (χ0) is 7.28. The van der Waals surface area contributed by atoms with Crippen molar-refractivity contribution in [1.29, 1.82) is 0 Å². The van der Waals surface area contributed by atoms with Gasteiger partial charge in [-0.1, -0.05) is 0 Å². The van der Waals surface area contributed by atoms with E-state index in [1.165, 1.54) is 6.92 Å². The van der Waals surface area contributed by atoms with Crippen LogP contribution in [0.1, 0.15) is 6.92 Å². The fourth-order valence-corrected chi connectivity index (χ4v) is 0.240. The van der Waals surface area contributed by atoms with Crippen molar-refractivity contribution < 1.29 is 4.79 Å². The van der Waals surface area contributed by atoms with Crippen molar-refractivity contribution >= 4 is 23.3 Å². The molecular formula is C4H8ClN3O. The zero-order valence-corrected chi connectivity index (χ0v) is 5.77. The molecule has 52 valence electrons. The molecule has 0 spiro atoms. The van der Waals surface area contributed by atoms with E-state index in [1.54, 1.807) is 0 Å². The van der Waals surface area contributed by atoms with Gasteiger partial charge in [0.2, 0.25) is 5.91 Å². The van der Waals surface area contributed by atoms with Crippen LogP contribution in [0.25, 0.3) is 0 Å². The van der Waals surface area contributed by atoms with Crippen LogP contribution in [0.15, 0.2) is 5.10 Å². The largest absolute Gasteiger partial charge is 0.385 e. The summed E-state index contributed by atoms with van der Waals surface area (Å²) in [5.41, 5.74) is 7.26. The van der Waals surface area contributed by atoms with Crippen LogP contribution in [0, 0.1) is 0 Å². The minimum atomic E-state index is -0.261. The number of nitrogens with two attached hydrogens (primary N) is 1. The standard InChI is InChI=1S/C4H8ClN3O/c1-3(9)7-8-4(6)2-5/h2H2,1H3,(H2,6,8)(H,7,9). The first-order valence-electron chi connectivity index (χ1n) is 2.31. The fraction of sp³-hybridized carbons (Fsp3) is 0.500. The molecule has 0 radical (unpaired) electrons. The normalized spacial score (nSPS) is 11.1. The van der Waals surface area contributed by atoms with Crippen LogP contribution < -0.4 is 11.2 Å². The molecule has 1 amide bonds. The molecule has 0 aliphatic carbocycles. The lowest BCUT2D eigenvalue weighted by atomic mass is 10.7. The van der Waals surface area contributed by atoms with Gasteiger partial charge in [-0.25, -0.2) is 5.43 Å². The van der Waals surface area contributed by atoms with Gasteiger partial charge in [0.1, 0.15) is 5.84 Å². The van der Waals surface area contributed by atoms with Crippen LogP contribution in [0.3, 0.4) is 0 Å². The second kappa shape index (κ2) is 4.14. The second-order valence-electron chi connectivity index (χ2n) is 1.40. The molecule has 0 aliphatic rings. The van der Waals surface area contributed by atoms with Gasteiger partial charge in [-0.2, -0.15) is 5.10 Å². The van der Waals surface area contributed by atoms with Gasteiger partial charge >= 0.3 is 0 Å². The summed E-state index contributed by atoms with van der Waals surface area (Å²) in [5.74, 6) is 0.0650. The van der Waals surface area contributed by atoms with Crippen molar-refractivity contribution in [3.05, 3.63) is 0 Å². The van der Waals surface area contributed by atoms with Crippen molar-refractivity contribution in [3.8, 4) is 0 Å². The minimum absolute atomic E-state index is 0.125. The second-order valence-corrected chi connectivity index (χ2v) is 1.67. The molecule has 0 heterocycles. The molecule has 0 bridgehead atoms. The molecular weight excluding hydrogens is 142 g/mol. The van der Waals surface area contributed by atoms with E-state index >= 15 is 0 Å². The monoisotopic (exact) mass is 149 g/mol. The Morgan fingerprint density at radius 1 is 1.89 bits per heavy atom. The maximum Gasteiger partial charge on any atom is 0.236 e. The predicted molar refractivity (Wildman–Crippen MR) is 36.2 cm³/mol. The molecule has 0 atom stereocenters. The third-order valence-electron chi connectivity index (χ3n) is 0.494. The van der Waals surface area contributed by atoms with E-state index in [2.05, 4.69) is 10.5 Å². The number of hydrogen-bond acceptors (Lipinski definition) is 2. The number of rotatable bonds is 2. The molecule has 0 aromatic heterocycles. The molecule has 4 nitrogen and oxygen atoms in total. The molecule has 0 saturated carbocycles. The first-order chi connectivity index (χ1) is 4.16. The van der Waals surface area contributed by atoms with Gasteiger partial charge in [0.25, 0.3) is 0 Å². The molecule has 0 aromatic carbocycles. The number of amidine groups is 1. The Morgan fingerprint density at radius 3 is 2.78 bits per heavy atom. The first kappa shape index (κ1) is 8.23. The van der Waals surface area contributed by atoms with Gasteiger partial charge in [-0.15, -0.1) is 11.6 Å². The fourth-order valence-electron chi connectivity index (χ4n) is 0.180. The van der Waals surface area contributed by atoms with Crippen molar-refractivity contribution in [2.75, 3.05) is 5.88 Å². The molecule has 5 heteroatoms. The number of halogens is 1.